The molecule has 1 saturated heterocycles. The lowest BCUT2D eigenvalue weighted by atomic mass is 10.3. The van der Waals surface area contributed by atoms with Crippen molar-refractivity contribution in [2.75, 3.05) is 60.0 Å². The molecule has 1 rings (SSSR count). The second-order valence-corrected chi connectivity index (χ2v) is 4.21. The van der Waals surface area contributed by atoms with Crippen LogP contribution in [0.5, 0.6) is 0 Å². The Morgan fingerprint density at radius 1 is 1.44 bits per heavy atom. The molecule has 1 fully saturated rings. The molecule has 0 unspecified atom stereocenters. The van der Waals surface area contributed by atoms with Crippen LogP contribution in [0.15, 0.2) is 0 Å². The number of nitrogens with zero attached hydrogens (tertiary/aromatic N) is 2. The van der Waals surface area contributed by atoms with Gasteiger partial charge in [0.2, 0.25) is 5.91 Å². The molecule has 1 aliphatic heterocycles. The number of carbonyl (C=O) groups is 1. The molecule has 0 saturated carbocycles. The fraction of sp³-hybridized carbons (Fsp3) is 0.909. The Morgan fingerprint density at radius 3 is 3.00 bits per heavy atom. The van der Waals surface area contributed by atoms with Gasteiger partial charge < -0.3 is 15.0 Å². The number of hydrogen-bond acceptors (Lipinski definition) is 4. The monoisotopic (exact) mass is 229 g/mol. The molecule has 0 aromatic rings. The molecule has 5 nitrogen and oxygen atoms in total. The van der Waals surface area contributed by atoms with Crippen LogP contribution < -0.4 is 5.32 Å². The van der Waals surface area contributed by atoms with Crippen molar-refractivity contribution in [3.05, 3.63) is 0 Å². The minimum Gasteiger partial charge on any atom is -0.383 e. The molecular formula is C11H23N3O2. The molecule has 5 heteroatoms. The topological polar surface area (TPSA) is 44.8 Å². The highest BCUT2D eigenvalue weighted by Crippen LogP contribution is 1.97. The highest BCUT2D eigenvalue weighted by Gasteiger charge is 2.16. The van der Waals surface area contributed by atoms with Gasteiger partial charge in [-0.3, -0.25) is 9.69 Å². The van der Waals surface area contributed by atoms with Crippen molar-refractivity contribution in [3.63, 3.8) is 0 Å². The number of nitrogens with one attached hydrogen (secondary N) is 1. The smallest absolute Gasteiger partial charge is 0.236 e. The molecular weight excluding hydrogens is 206 g/mol. The minimum atomic E-state index is 0.224. The summed E-state index contributed by atoms with van der Waals surface area (Å²) < 4.78 is 4.98. The average Bonchev–Trinajstić information content (AvgIpc) is 2.54. The van der Waals surface area contributed by atoms with E-state index in [1.807, 2.05) is 16.8 Å². The van der Waals surface area contributed by atoms with Crippen LogP contribution in [0.3, 0.4) is 0 Å². The third-order valence-corrected chi connectivity index (χ3v) is 2.78. The summed E-state index contributed by atoms with van der Waals surface area (Å²) >= 11 is 0. The van der Waals surface area contributed by atoms with Crippen LogP contribution in [0.4, 0.5) is 0 Å². The average molecular weight is 229 g/mol. The summed E-state index contributed by atoms with van der Waals surface area (Å²) in [6, 6.07) is 0. The zero-order valence-corrected chi connectivity index (χ0v) is 10.4. The molecule has 94 valence electrons. The Bertz CT molecular complexity index is 203. The predicted octanol–water partition coefficient (Wildman–Crippen LogP) is -0.613. The summed E-state index contributed by atoms with van der Waals surface area (Å²) in [5.41, 5.74) is 0. The third-order valence-electron chi connectivity index (χ3n) is 2.78. The Morgan fingerprint density at radius 2 is 2.25 bits per heavy atom. The Labute approximate surface area is 97.7 Å². The van der Waals surface area contributed by atoms with E-state index in [9.17, 15) is 4.79 Å². The summed E-state index contributed by atoms with van der Waals surface area (Å²) in [7, 11) is 3.63. The van der Waals surface area contributed by atoms with E-state index in [4.69, 9.17) is 4.74 Å². The highest BCUT2D eigenvalue weighted by atomic mass is 16.5. The van der Waals surface area contributed by atoms with E-state index in [-0.39, 0.29) is 5.91 Å². The normalized spacial score (nSPS) is 17.6. The van der Waals surface area contributed by atoms with E-state index in [2.05, 4.69) is 5.32 Å². The van der Waals surface area contributed by atoms with Gasteiger partial charge in [-0.25, -0.2) is 0 Å². The maximum atomic E-state index is 11.9. The first kappa shape index (κ1) is 13.4. The van der Waals surface area contributed by atoms with Crippen molar-refractivity contribution in [1.29, 1.82) is 0 Å². The van der Waals surface area contributed by atoms with Gasteiger partial charge in [0.25, 0.3) is 0 Å². The second kappa shape index (κ2) is 7.60. The summed E-state index contributed by atoms with van der Waals surface area (Å²) in [5, 5.41) is 3.29. The second-order valence-electron chi connectivity index (χ2n) is 4.21. The molecule has 1 aliphatic rings. The van der Waals surface area contributed by atoms with Crippen LogP contribution in [0.1, 0.15) is 6.42 Å². The zero-order chi connectivity index (χ0) is 11.8. The van der Waals surface area contributed by atoms with Crippen LogP contribution in [-0.2, 0) is 9.53 Å². The van der Waals surface area contributed by atoms with Gasteiger partial charge in [-0.15, -0.1) is 0 Å². The summed E-state index contributed by atoms with van der Waals surface area (Å²) in [4.78, 5) is 15.9. The molecule has 1 amide bonds. The molecule has 0 radical (unpaired) electrons. The van der Waals surface area contributed by atoms with E-state index in [0.717, 1.165) is 39.1 Å². The summed E-state index contributed by atoms with van der Waals surface area (Å²) in [5.74, 6) is 0.224. The lowest BCUT2D eigenvalue weighted by Gasteiger charge is -2.23. The standard InChI is InChI=1S/C11H23N3O2/c1-13(8-9-16-2)10-11(15)14-6-3-4-12-5-7-14/h12H,3-10H2,1-2H3. The lowest BCUT2D eigenvalue weighted by Crippen LogP contribution is -2.41. The molecule has 0 aliphatic carbocycles. The quantitative estimate of drug-likeness (QED) is 0.683. The number of carbonyl (C=O) groups excluding carboxylic acids is 1. The molecule has 1 N–H and O–H groups in total. The van der Waals surface area contributed by atoms with Crippen molar-refractivity contribution in [2.45, 2.75) is 6.42 Å². The largest absolute Gasteiger partial charge is 0.383 e. The van der Waals surface area contributed by atoms with Crippen LogP contribution >= 0.6 is 0 Å². The molecule has 0 atom stereocenters. The van der Waals surface area contributed by atoms with Crippen LogP contribution in [0.2, 0.25) is 0 Å². The summed E-state index contributed by atoms with van der Waals surface area (Å²) in [6.45, 7) is 5.60. The molecule has 0 aromatic carbocycles. The Kier molecular flexibility index (Phi) is 6.37. The van der Waals surface area contributed by atoms with E-state index >= 15 is 0 Å². The van der Waals surface area contributed by atoms with Crippen molar-refractivity contribution < 1.29 is 9.53 Å². The van der Waals surface area contributed by atoms with E-state index in [1.54, 1.807) is 7.11 Å². The maximum absolute atomic E-state index is 11.9. The first-order valence-corrected chi connectivity index (χ1v) is 5.90. The van der Waals surface area contributed by atoms with Gasteiger partial charge in [-0.1, -0.05) is 0 Å². The molecule has 0 bridgehead atoms. The van der Waals surface area contributed by atoms with Gasteiger partial charge in [0.05, 0.1) is 13.2 Å². The van der Waals surface area contributed by atoms with Gasteiger partial charge in [0.15, 0.2) is 0 Å². The van der Waals surface area contributed by atoms with Gasteiger partial charge in [0, 0.05) is 33.3 Å². The molecule has 0 spiro atoms. The van der Waals surface area contributed by atoms with E-state index < -0.39 is 0 Å². The third kappa shape index (κ3) is 4.92. The molecule has 16 heavy (non-hydrogen) atoms. The number of rotatable bonds is 5. The van der Waals surface area contributed by atoms with Crippen molar-refractivity contribution in [2.24, 2.45) is 0 Å². The number of amides is 1. The van der Waals surface area contributed by atoms with Gasteiger partial charge in [-0.2, -0.15) is 0 Å². The molecule has 0 aromatic heterocycles. The Hall–Kier alpha value is -0.650. The minimum absolute atomic E-state index is 0.224. The first-order chi connectivity index (χ1) is 7.74. The van der Waals surface area contributed by atoms with E-state index in [0.29, 0.717) is 13.2 Å². The van der Waals surface area contributed by atoms with Crippen molar-refractivity contribution in [1.82, 2.24) is 15.1 Å². The highest BCUT2D eigenvalue weighted by molar-refractivity contribution is 5.78. The van der Waals surface area contributed by atoms with Crippen LogP contribution in [0, 0.1) is 0 Å². The predicted molar refractivity (Wildman–Crippen MR) is 63.4 cm³/mol. The fourth-order valence-electron chi connectivity index (χ4n) is 1.75. The van der Waals surface area contributed by atoms with Crippen molar-refractivity contribution >= 4 is 5.91 Å². The zero-order valence-electron chi connectivity index (χ0n) is 10.4. The Balaban J connectivity index is 2.26. The first-order valence-electron chi connectivity index (χ1n) is 5.90. The van der Waals surface area contributed by atoms with Crippen LogP contribution in [-0.4, -0.2) is 75.7 Å². The van der Waals surface area contributed by atoms with Gasteiger partial charge >= 0.3 is 0 Å². The lowest BCUT2D eigenvalue weighted by molar-refractivity contribution is -0.132. The maximum Gasteiger partial charge on any atom is 0.236 e. The number of ether oxygens (including phenoxy) is 1. The van der Waals surface area contributed by atoms with Gasteiger partial charge in [-0.05, 0) is 20.0 Å². The number of methoxy groups -OCH3 is 1. The summed E-state index contributed by atoms with van der Waals surface area (Å²) in [6.07, 6.45) is 1.05. The molecule has 1 heterocycles. The number of hydrogen-bond donors (Lipinski definition) is 1. The van der Waals surface area contributed by atoms with Gasteiger partial charge in [0.1, 0.15) is 0 Å². The number of likely N-dealkylation sites (N-methyl/N-ethyl adjacent to an activating group) is 1. The van der Waals surface area contributed by atoms with Crippen molar-refractivity contribution in [3.8, 4) is 0 Å². The van der Waals surface area contributed by atoms with Crippen LogP contribution in [0.25, 0.3) is 0 Å². The van der Waals surface area contributed by atoms with E-state index in [1.165, 1.54) is 0 Å². The fourth-order valence-corrected chi connectivity index (χ4v) is 1.75. The SMILES string of the molecule is COCCN(C)CC(=O)N1CCCNCC1.